The molecule has 3 nitrogen and oxygen atoms in total. The molecule has 0 aromatic heterocycles. The fraction of sp³-hybridized carbons (Fsp3) is 0.273. The van der Waals surface area contributed by atoms with Crippen molar-refractivity contribution in [3.05, 3.63) is 78.9 Å². The highest BCUT2D eigenvalue weighted by Gasteiger charge is 2.22. The van der Waals surface area contributed by atoms with Crippen LogP contribution in [-0.4, -0.2) is 19.8 Å². The molecule has 0 radical (unpaired) electrons. The van der Waals surface area contributed by atoms with Gasteiger partial charge in [-0.2, -0.15) is 0 Å². The highest BCUT2D eigenvalue weighted by Crippen LogP contribution is 2.49. The van der Waals surface area contributed by atoms with E-state index >= 15 is 0 Å². The van der Waals surface area contributed by atoms with E-state index in [0.29, 0.717) is 19.8 Å². The van der Waals surface area contributed by atoms with Crippen LogP contribution in [0.1, 0.15) is 40.0 Å². The van der Waals surface area contributed by atoms with Crippen molar-refractivity contribution < 1.29 is 14.2 Å². The number of benzene rings is 5. The second-order valence-electron chi connectivity index (χ2n) is 9.14. The first-order valence-corrected chi connectivity index (χ1v) is 13.2. The molecule has 0 N–H and O–H groups in total. The zero-order valence-corrected chi connectivity index (χ0v) is 21.5. The Kier molecular flexibility index (Phi) is 7.27. The molecule has 0 amide bonds. The molecule has 5 aromatic rings. The van der Waals surface area contributed by atoms with Gasteiger partial charge in [0, 0.05) is 32.7 Å². The summed E-state index contributed by atoms with van der Waals surface area (Å²) in [4.78, 5) is 0. The number of hydrogen-bond acceptors (Lipinski definition) is 3. The molecule has 0 aliphatic carbocycles. The molecule has 184 valence electrons. The summed E-state index contributed by atoms with van der Waals surface area (Å²) in [5.74, 6) is 2.76. The predicted molar refractivity (Wildman–Crippen MR) is 152 cm³/mol. The van der Waals surface area contributed by atoms with Gasteiger partial charge in [0.2, 0.25) is 0 Å². The highest BCUT2D eigenvalue weighted by molar-refractivity contribution is 6.19. The molecule has 0 saturated carbocycles. The number of hydrogen-bond donors (Lipinski definition) is 0. The summed E-state index contributed by atoms with van der Waals surface area (Å²) in [6.07, 6.45) is 2.85. The fourth-order valence-electron chi connectivity index (χ4n) is 4.93. The Hall–Kier alpha value is -3.72. The second kappa shape index (κ2) is 10.9. The van der Waals surface area contributed by atoms with Crippen LogP contribution in [0.3, 0.4) is 0 Å². The van der Waals surface area contributed by atoms with Crippen LogP contribution >= 0.6 is 0 Å². The maximum Gasteiger partial charge on any atom is 0.135 e. The topological polar surface area (TPSA) is 27.7 Å². The van der Waals surface area contributed by atoms with Gasteiger partial charge in [-0.05, 0) is 36.1 Å². The zero-order valence-electron chi connectivity index (χ0n) is 21.5. The Morgan fingerprint density at radius 1 is 0.472 bits per heavy atom. The maximum absolute atomic E-state index is 6.52. The first-order valence-electron chi connectivity index (χ1n) is 13.2. The third-order valence-corrected chi connectivity index (χ3v) is 6.47. The number of rotatable bonds is 10. The van der Waals surface area contributed by atoms with E-state index in [1.165, 1.54) is 0 Å². The number of ether oxygens (including phenoxy) is 3. The molecule has 3 heteroatoms. The Morgan fingerprint density at radius 2 is 0.889 bits per heavy atom. The fourth-order valence-corrected chi connectivity index (χ4v) is 4.93. The average molecular weight is 479 g/mol. The standard InChI is InChI=1S/C33H34O3/c1-4-19-34-30-22-29(33(36-21-6-3)26-16-10-7-13-23(26)30)31-24-14-8-11-17-27(24)32(35-20-5-2)28-18-12-9-15-25(28)31/h7-18,22H,4-6,19-21H2,1-3H3. The molecular weight excluding hydrogens is 444 g/mol. The summed E-state index contributed by atoms with van der Waals surface area (Å²) >= 11 is 0. The molecule has 5 aromatic carbocycles. The lowest BCUT2D eigenvalue weighted by atomic mass is 9.89. The highest BCUT2D eigenvalue weighted by atomic mass is 16.5. The van der Waals surface area contributed by atoms with Crippen LogP contribution in [0.2, 0.25) is 0 Å². The van der Waals surface area contributed by atoms with Gasteiger partial charge >= 0.3 is 0 Å². The summed E-state index contributed by atoms with van der Waals surface area (Å²) in [5.41, 5.74) is 2.21. The summed E-state index contributed by atoms with van der Waals surface area (Å²) in [6, 6.07) is 27.7. The smallest absolute Gasteiger partial charge is 0.135 e. The Bertz CT molecular complexity index is 1450. The molecule has 0 heterocycles. The van der Waals surface area contributed by atoms with Gasteiger partial charge in [0.15, 0.2) is 0 Å². The van der Waals surface area contributed by atoms with Crippen LogP contribution in [0.4, 0.5) is 0 Å². The lowest BCUT2D eigenvalue weighted by Crippen LogP contribution is -2.02. The Morgan fingerprint density at radius 3 is 1.42 bits per heavy atom. The van der Waals surface area contributed by atoms with Gasteiger partial charge < -0.3 is 14.2 Å². The van der Waals surface area contributed by atoms with Crippen LogP contribution in [0.25, 0.3) is 43.4 Å². The minimum Gasteiger partial charge on any atom is -0.493 e. The summed E-state index contributed by atoms with van der Waals surface area (Å²) in [5, 5.41) is 6.70. The minimum atomic E-state index is 0.652. The first-order chi connectivity index (χ1) is 17.8. The quantitative estimate of drug-likeness (QED) is 0.187. The van der Waals surface area contributed by atoms with Gasteiger partial charge in [-0.15, -0.1) is 0 Å². The van der Waals surface area contributed by atoms with E-state index in [0.717, 1.165) is 80.0 Å². The molecular formula is C33H34O3. The monoisotopic (exact) mass is 478 g/mol. The summed E-state index contributed by atoms with van der Waals surface area (Å²) < 4.78 is 19.2. The molecule has 0 saturated heterocycles. The molecule has 0 atom stereocenters. The third-order valence-electron chi connectivity index (χ3n) is 6.47. The van der Waals surface area contributed by atoms with Crippen molar-refractivity contribution in [3.8, 4) is 28.4 Å². The largest absolute Gasteiger partial charge is 0.493 e. The van der Waals surface area contributed by atoms with Crippen molar-refractivity contribution in [2.75, 3.05) is 19.8 Å². The summed E-state index contributed by atoms with van der Waals surface area (Å²) in [6.45, 7) is 8.43. The average Bonchev–Trinajstić information content (AvgIpc) is 2.93. The summed E-state index contributed by atoms with van der Waals surface area (Å²) in [7, 11) is 0. The molecule has 0 bridgehead atoms. The van der Waals surface area contributed by atoms with Gasteiger partial charge in [0.1, 0.15) is 17.2 Å². The van der Waals surface area contributed by atoms with Crippen LogP contribution in [0, 0.1) is 0 Å². The van der Waals surface area contributed by atoms with E-state index in [1.54, 1.807) is 0 Å². The number of fused-ring (bicyclic) bond motifs is 3. The molecule has 0 unspecified atom stereocenters. The van der Waals surface area contributed by atoms with Gasteiger partial charge in [0.25, 0.3) is 0 Å². The first kappa shape index (κ1) is 24.0. The van der Waals surface area contributed by atoms with Crippen molar-refractivity contribution in [3.63, 3.8) is 0 Å². The SMILES string of the molecule is CCCOc1cc(-c2c3ccccc3c(OCCC)c3ccccc23)c(OCCC)c2ccccc12. The van der Waals surface area contributed by atoms with E-state index < -0.39 is 0 Å². The van der Waals surface area contributed by atoms with Gasteiger partial charge in [-0.25, -0.2) is 0 Å². The van der Waals surface area contributed by atoms with Crippen LogP contribution in [0.5, 0.6) is 17.2 Å². The molecule has 0 aliphatic rings. The van der Waals surface area contributed by atoms with Gasteiger partial charge in [0.05, 0.1) is 19.8 Å². The van der Waals surface area contributed by atoms with Crippen molar-refractivity contribution in [1.29, 1.82) is 0 Å². The molecule has 0 spiro atoms. The van der Waals surface area contributed by atoms with Gasteiger partial charge in [-0.3, -0.25) is 0 Å². The van der Waals surface area contributed by atoms with Gasteiger partial charge in [-0.1, -0.05) is 93.6 Å². The van der Waals surface area contributed by atoms with Crippen molar-refractivity contribution in [2.45, 2.75) is 40.0 Å². The maximum atomic E-state index is 6.52. The van der Waals surface area contributed by atoms with E-state index in [4.69, 9.17) is 14.2 Å². The zero-order chi connectivity index (χ0) is 24.9. The lowest BCUT2D eigenvalue weighted by molar-refractivity contribution is 0.315. The lowest BCUT2D eigenvalue weighted by Gasteiger charge is -2.22. The molecule has 36 heavy (non-hydrogen) atoms. The van der Waals surface area contributed by atoms with Crippen molar-refractivity contribution in [2.24, 2.45) is 0 Å². The Labute approximate surface area is 213 Å². The minimum absolute atomic E-state index is 0.652. The van der Waals surface area contributed by atoms with E-state index in [-0.39, 0.29) is 0 Å². The van der Waals surface area contributed by atoms with E-state index in [2.05, 4.69) is 99.6 Å². The van der Waals surface area contributed by atoms with E-state index in [9.17, 15) is 0 Å². The molecule has 5 rings (SSSR count). The van der Waals surface area contributed by atoms with Crippen LogP contribution < -0.4 is 14.2 Å². The molecule has 0 aliphatic heterocycles. The Balaban J connectivity index is 1.91. The second-order valence-corrected chi connectivity index (χ2v) is 9.14. The van der Waals surface area contributed by atoms with Crippen LogP contribution in [0.15, 0.2) is 78.9 Å². The van der Waals surface area contributed by atoms with Crippen molar-refractivity contribution >= 4 is 32.3 Å². The normalized spacial score (nSPS) is 11.3. The molecule has 0 fully saturated rings. The van der Waals surface area contributed by atoms with Crippen LogP contribution in [-0.2, 0) is 0 Å². The van der Waals surface area contributed by atoms with E-state index in [1.807, 2.05) is 0 Å². The predicted octanol–water partition coefficient (Wildman–Crippen LogP) is 9.18. The third kappa shape index (κ3) is 4.35. The van der Waals surface area contributed by atoms with Crippen molar-refractivity contribution in [1.82, 2.24) is 0 Å².